The van der Waals surface area contributed by atoms with Gasteiger partial charge in [0.2, 0.25) is 0 Å². The van der Waals surface area contributed by atoms with E-state index >= 15 is 0 Å². The first-order valence-corrected chi connectivity index (χ1v) is 3.95. The average molecular weight is 169 g/mol. The lowest BCUT2D eigenvalue weighted by molar-refractivity contribution is 0.0995. The molecule has 1 aliphatic rings. The molecular formula is C7H11N3O2. The molecule has 2 unspecified atom stereocenters. The molecule has 1 fully saturated rings. The predicted octanol–water partition coefficient (Wildman–Crippen LogP) is 0.583. The van der Waals surface area contributed by atoms with E-state index in [1.54, 1.807) is 0 Å². The molecule has 0 radical (unpaired) electrons. The molecular weight excluding hydrogens is 158 g/mol. The first-order valence-electron chi connectivity index (χ1n) is 3.95. The minimum absolute atomic E-state index is 0.189. The molecule has 0 amide bonds. The molecule has 1 aromatic rings. The molecule has 1 aromatic heterocycles. The summed E-state index contributed by atoms with van der Waals surface area (Å²) in [4.78, 5) is 8.50. The Labute approximate surface area is 69.8 Å². The van der Waals surface area contributed by atoms with Gasteiger partial charge in [-0.05, 0) is 12.3 Å². The van der Waals surface area contributed by atoms with Crippen LogP contribution in [0.5, 0.6) is 0 Å². The van der Waals surface area contributed by atoms with Gasteiger partial charge in [-0.15, -0.1) is 0 Å². The van der Waals surface area contributed by atoms with Crippen molar-refractivity contribution in [2.45, 2.75) is 25.9 Å². The van der Waals surface area contributed by atoms with Crippen LogP contribution in [0.15, 0.2) is 4.52 Å². The van der Waals surface area contributed by atoms with Crippen molar-refractivity contribution < 1.29 is 9.36 Å². The number of nitrogens with zero attached hydrogens (tertiary/aromatic N) is 2. The average Bonchev–Trinajstić information content (AvgIpc) is 2.62. The highest BCUT2D eigenvalue weighted by molar-refractivity contribution is 5.07. The fourth-order valence-electron chi connectivity index (χ4n) is 1.23. The Morgan fingerprint density at radius 2 is 2.50 bits per heavy atom. The van der Waals surface area contributed by atoms with E-state index in [-0.39, 0.29) is 6.61 Å². The van der Waals surface area contributed by atoms with E-state index in [0.717, 1.165) is 12.2 Å². The van der Waals surface area contributed by atoms with E-state index in [9.17, 15) is 0 Å². The summed E-state index contributed by atoms with van der Waals surface area (Å²) in [7, 11) is 0. The van der Waals surface area contributed by atoms with Gasteiger partial charge in [-0.1, -0.05) is 12.1 Å². The molecule has 2 atom stereocenters. The van der Waals surface area contributed by atoms with Gasteiger partial charge in [0.05, 0.1) is 0 Å². The summed E-state index contributed by atoms with van der Waals surface area (Å²) in [5, 5.41) is 3.83. The number of hydrogen-bond acceptors (Lipinski definition) is 5. The maximum absolute atomic E-state index is 4.89. The van der Waals surface area contributed by atoms with Crippen molar-refractivity contribution in [3.05, 3.63) is 11.7 Å². The SMILES string of the molecule is CC1CC1c1noc(CON)n1. The number of nitrogens with two attached hydrogens (primary N) is 1. The van der Waals surface area contributed by atoms with Crippen molar-refractivity contribution in [3.8, 4) is 0 Å². The van der Waals surface area contributed by atoms with Gasteiger partial charge in [-0.25, -0.2) is 5.90 Å². The largest absolute Gasteiger partial charge is 0.337 e. The third-order valence-corrected chi connectivity index (χ3v) is 2.13. The highest BCUT2D eigenvalue weighted by Crippen LogP contribution is 2.45. The minimum atomic E-state index is 0.189. The molecule has 0 saturated heterocycles. The maximum Gasteiger partial charge on any atom is 0.254 e. The molecule has 0 aliphatic heterocycles. The summed E-state index contributed by atoms with van der Waals surface area (Å²) in [6, 6.07) is 0. The second-order valence-electron chi connectivity index (χ2n) is 3.18. The van der Waals surface area contributed by atoms with Crippen LogP contribution in [-0.2, 0) is 11.4 Å². The zero-order chi connectivity index (χ0) is 8.55. The molecule has 2 N–H and O–H groups in total. The summed E-state index contributed by atoms with van der Waals surface area (Å²) >= 11 is 0. The lowest BCUT2D eigenvalue weighted by Gasteiger charge is -1.86. The van der Waals surface area contributed by atoms with Gasteiger partial charge in [0.15, 0.2) is 5.82 Å². The molecule has 0 spiro atoms. The van der Waals surface area contributed by atoms with Crippen molar-refractivity contribution in [3.63, 3.8) is 0 Å². The van der Waals surface area contributed by atoms with Crippen molar-refractivity contribution in [1.82, 2.24) is 10.1 Å². The summed E-state index contributed by atoms with van der Waals surface area (Å²) < 4.78 is 4.89. The van der Waals surface area contributed by atoms with Crippen LogP contribution >= 0.6 is 0 Å². The fraction of sp³-hybridized carbons (Fsp3) is 0.714. The van der Waals surface area contributed by atoms with Crippen molar-refractivity contribution in [2.24, 2.45) is 11.8 Å². The number of rotatable bonds is 3. The van der Waals surface area contributed by atoms with Crippen LogP contribution < -0.4 is 5.90 Å². The number of hydrogen-bond donors (Lipinski definition) is 1. The van der Waals surface area contributed by atoms with Gasteiger partial charge in [0.1, 0.15) is 6.61 Å². The molecule has 1 saturated carbocycles. The molecule has 1 aliphatic carbocycles. The van der Waals surface area contributed by atoms with Crippen molar-refractivity contribution in [1.29, 1.82) is 0 Å². The maximum atomic E-state index is 4.89. The highest BCUT2D eigenvalue weighted by Gasteiger charge is 2.37. The van der Waals surface area contributed by atoms with Crippen LogP contribution in [0.3, 0.4) is 0 Å². The third-order valence-electron chi connectivity index (χ3n) is 2.13. The molecule has 0 bridgehead atoms. The first kappa shape index (κ1) is 7.70. The number of aromatic nitrogens is 2. The molecule has 1 heterocycles. The Morgan fingerprint density at radius 3 is 3.08 bits per heavy atom. The standard InChI is InChI=1S/C7H11N3O2/c1-4-2-5(4)7-9-6(3-11-8)12-10-7/h4-5H,2-3,8H2,1H3. The monoisotopic (exact) mass is 169 g/mol. The Bertz CT molecular complexity index is 273. The van der Waals surface area contributed by atoms with Crippen LogP contribution in [0.25, 0.3) is 0 Å². The van der Waals surface area contributed by atoms with Crippen molar-refractivity contribution >= 4 is 0 Å². The quantitative estimate of drug-likeness (QED) is 0.670. The van der Waals surface area contributed by atoms with Crippen LogP contribution in [-0.4, -0.2) is 10.1 Å². The summed E-state index contributed by atoms with van der Waals surface area (Å²) in [5.74, 6) is 7.27. The molecule has 2 rings (SSSR count). The molecule has 66 valence electrons. The lowest BCUT2D eigenvalue weighted by atomic mass is 10.3. The fourth-order valence-corrected chi connectivity index (χ4v) is 1.23. The summed E-state index contributed by atoms with van der Waals surface area (Å²) in [5.41, 5.74) is 0. The van der Waals surface area contributed by atoms with E-state index < -0.39 is 0 Å². The van der Waals surface area contributed by atoms with Gasteiger partial charge in [0.25, 0.3) is 5.89 Å². The van der Waals surface area contributed by atoms with Crippen LogP contribution in [0.4, 0.5) is 0 Å². The van der Waals surface area contributed by atoms with E-state index in [4.69, 9.17) is 10.4 Å². The smallest absolute Gasteiger partial charge is 0.254 e. The Balaban J connectivity index is 2.04. The van der Waals surface area contributed by atoms with Gasteiger partial charge < -0.3 is 4.52 Å². The van der Waals surface area contributed by atoms with Gasteiger partial charge in [-0.2, -0.15) is 4.98 Å². The first-order chi connectivity index (χ1) is 5.81. The summed E-state index contributed by atoms with van der Waals surface area (Å²) in [6.45, 7) is 2.36. The van der Waals surface area contributed by atoms with Crippen LogP contribution in [0.2, 0.25) is 0 Å². The van der Waals surface area contributed by atoms with E-state index in [1.807, 2.05) is 0 Å². The molecule has 5 heteroatoms. The van der Waals surface area contributed by atoms with Gasteiger partial charge >= 0.3 is 0 Å². The normalized spacial score (nSPS) is 27.5. The molecule has 0 aromatic carbocycles. The predicted molar refractivity (Wildman–Crippen MR) is 39.8 cm³/mol. The Hall–Kier alpha value is -0.940. The topological polar surface area (TPSA) is 74.2 Å². The second-order valence-corrected chi connectivity index (χ2v) is 3.18. The zero-order valence-corrected chi connectivity index (χ0v) is 6.86. The van der Waals surface area contributed by atoms with Gasteiger partial charge in [0, 0.05) is 5.92 Å². The minimum Gasteiger partial charge on any atom is -0.337 e. The lowest BCUT2D eigenvalue weighted by Crippen LogP contribution is -1.99. The van der Waals surface area contributed by atoms with E-state index in [2.05, 4.69) is 21.9 Å². The van der Waals surface area contributed by atoms with Gasteiger partial charge in [-0.3, -0.25) is 4.84 Å². The van der Waals surface area contributed by atoms with Crippen LogP contribution in [0.1, 0.15) is 31.0 Å². The Kier molecular flexibility index (Phi) is 1.82. The third kappa shape index (κ3) is 1.33. The van der Waals surface area contributed by atoms with Crippen LogP contribution in [0, 0.1) is 5.92 Å². The summed E-state index contributed by atoms with van der Waals surface area (Å²) in [6.07, 6.45) is 1.16. The van der Waals surface area contributed by atoms with E-state index in [1.165, 1.54) is 0 Å². The Morgan fingerprint density at radius 1 is 1.75 bits per heavy atom. The van der Waals surface area contributed by atoms with Crippen molar-refractivity contribution in [2.75, 3.05) is 0 Å². The second kappa shape index (κ2) is 2.84. The highest BCUT2D eigenvalue weighted by atomic mass is 16.6. The molecule has 5 nitrogen and oxygen atoms in total. The molecule has 12 heavy (non-hydrogen) atoms. The zero-order valence-electron chi connectivity index (χ0n) is 6.86. The van der Waals surface area contributed by atoms with E-state index in [0.29, 0.717) is 17.7 Å².